The molecule has 1 heterocycles. The van der Waals surface area contributed by atoms with E-state index in [1.54, 1.807) is 0 Å². The molecule has 1 saturated carbocycles. The first-order valence-corrected chi connectivity index (χ1v) is 7.72. The topological polar surface area (TPSA) is 38.3 Å². The van der Waals surface area contributed by atoms with Crippen molar-refractivity contribution in [3.63, 3.8) is 0 Å². The summed E-state index contributed by atoms with van der Waals surface area (Å²) in [4.78, 5) is 12.9. The molecule has 1 unspecified atom stereocenters. The highest BCUT2D eigenvalue weighted by molar-refractivity contribution is 5.93. The third-order valence-electron chi connectivity index (χ3n) is 5.25. The van der Waals surface area contributed by atoms with Crippen LogP contribution in [0.3, 0.4) is 0 Å². The Morgan fingerprint density at radius 2 is 1.76 bits per heavy atom. The van der Waals surface area contributed by atoms with E-state index in [4.69, 9.17) is 4.74 Å². The van der Waals surface area contributed by atoms with Crippen molar-refractivity contribution in [2.24, 2.45) is 10.8 Å². The van der Waals surface area contributed by atoms with Gasteiger partial charge in [0.2, 0.25) is 5.91 Å². The minimum Gasteiger partial charge on any atom is -0.380 e. The third-order valence-corrected chi connectivity index (χ3v) is 5.25. The predicted octanol–water partition coefficient (Wildman–Crippen LogP) is 2.82. The maximum Gasteiger partial charge on any atom is 0.231 e. The fourth-order valence-corrected chi connectivity index (χ4v) is 3.47. The summed E-state index contributed by atoms with van der Waals surface area (Å²) >= 11 is 0. The molecule has 0 spiro atoms. The van der Waals surface area contributed by atoms with Crippen molar-refractivity contribution in [2.45, 2.75) is 39.5 Å². The Bertz CT molecular complexity index is 557. The molecule has 3 nitrogen and oxygen atoms in total. The highest BCUT2D eigenvalue weighted by Crippen LogP contribution is 2.64. The Labute approximate surface area is 127 Å². The van der Waals surface area contributed by atoms with Gasteiger partial charge in [-0.1, -0.05) is 50.6 Å². The molecular weight excluding hydrogens is 262 g/mol. The van der Waals surface area contributed by atoms with Crippen LogP contribution in [-0.2, 0) is 14.9 Å². The van der Waals surface area contributed by atoms with Gasteiger partial charge < -0.3 is 10.1 Å². The molecule has 2 aliphatic rings. The molecule has 1 aliphatic carbocycles. The first-order valence-electron chi connectivity index (χ1n) is 7.72. The average molecular weight is 287 g/mol. The van der Waals surface area contributed by atoms with E-state index in [9.17, 15) is 4.79 Å². The summed E-state index contributed by atoms with van der Waals surface area (Å²) in [6, 6.07) is 8.41. The van der Waals surface area contributed by atoms with E-state index < -0.39 is 0 Å². The number of nitrogens with one attached hydrogen (secondary N) is 1. The summed E-state index contributed by atoms with van der Waals surface area (Å²) in [5, 5.41) is 3.18. The molecule has 0 aromatic heterocycles. The van der Waals surface area contributed by atoms with Crippen LogP contribution >= 0.6 is 0 Å². The number of benzene rings is 1. The second-order valence-electron chi connectivity index (χ2n) is 7.82. The molecule has 1 saturated heterocycles. The second-order valence-corrected chi connectivity index (χ2v) is 7.82. The van der Waals surface area contributed by atoms with Crippen LogP contribution in [-0.4, -0.2) is 25.7 Å². The second kappa shape index (κ2) is 4.57. The molecule has 1 atom stereocenters. The lowest BCUT2D eigenvalue weighted by Crippen LogP contribution is -2.50. The summed E-state index contributed by atoms with van der Waals surface area (Å²) in [5.74, 6) is 0.171. The van der Waals surface area contributed by atoms with Crippen molar-refractivity contribution in [3.05, 3.63) is 35.4 Å². The zero-order valence-electron chi connectivity index (χ0n) is 13.5. The normalized spacial score (nSPS) is 28.6. The van der Waals surface area contributed by atoms with Crippen LogP contribution in [0.15, 0.2) is 24.3 Å². The zero-order valence-corrected chi connectivity index (χ0v) is 13.5. The minimum absolute atomic E-state index is 0.0311. The number of hydrogen-bond acceptors (Lipinski definition) is 2. The van der Waals surface area contributed by atoms with Crippen molar-refractivity contribution >= 4 is 5.91 Å². The number of carbonyl (C=O) groups excluding carboxylic acids is 1. The van der Waals surface area contributed by atoms with Crippen LogP contribution in [0, 0.1) is 17.8 Å². The molecule has 1 N–H and O–H groups in total. The first kappa shape index (κ1) is 14.6. The van der Waals surface area contributed by atoms with Crippen molar-refractivity contribution in [1.82, 2.24) is 5.32 Å². The van der Waals surface area contributed by atoms with Gasteiger partial charge in [0.05, 0.1) is 18.6 Å². The summed E-state index contributed by atoms with van der Waals surface area (Å²) in [7, 11) is 0. The lowest BCUT2D eigenvalue weighted by Gasteiger charge is -2.38. The summed E-state index contributed by atoms with van der Waals surface area (Å²) in [5.41, 5.74) is 2.16. The van der Waals surface area contributed by atoms with Gasteiger partial charge in [-0.2, -0.15) is 0 Å². The highest BCUT2D eigenvalue weighted by Gasteiger charge is 2.67. The Balaban J connectivity index is 1.78. The van der Waals surface area contributed by atoms with Crippen LogP contribution in [0.25, 0.3) is 0 Å². The van der Waals surface area contributed by atoms with Crippen LogP contribution in [0.1, 0.15) is 38.3 Å². The molecule has 21 heavy (non-hydrogen) atoms. The van der Waals surface area contributed by atoms with Crippen LogP contribution in [0.2, 0.25) is 0 Å². The van der Waals surface area contributed by atoms with E-state index in [0.717, 1.165) is 25.2 Å². The van der Waals surface area contributed by atoms with Crippen molar-refractivity contribution in [1.29, 1.82) is 0 Å². The van der Waals surface area contributed by atoms with Crippen molar-refractivity contribution < 1.29 is 9.53 Å². The van der Waals surface area contributed by atoms with E-state index in [2.05, 4.69) is 57.3 Å². The van der Waals surface area contributed by atoms with Crippen LogP contribution < -0.4 is 5.32 Å². The number of hydrogen-bond donors (Lipinski definition) is 1. The summed E-state index contributed by atoms with van der Waals surface area (Å²) < 4.78 is 5.26. The Hall–Kier alpha value is -1.35. The highest BCUT2D eigenvalue weighted by atomic mass is 16.5. The molecule has 114 valence electrons. The van der Waals surface area contributed by atoms with Crippen LogP contribution in [0.4, 0.5) is 0 Å². The Kier molecular flexibility index (Phi) is 3.17. The van der Waals surface area contributed by atoms with Crippen molar-refractivity contribution in [3.8, 4) is 0 Å². The lowest BCUT2D eigenvalue weighted by molar-refractivity contribution is -0.129. The average Bonchev–Trinajstić information content (AvgIpc) is 2.99. The van der Waals surface area contributed by atoms with E-state index in [0.29, 0.717) is 6.54 Å². The Morgan fingerprint density at radius 1 is 1.19 bits per heavy atom. The maximum absolute atomic E-state index is 12.9. The number of aryl methyl sites for hydroxylation is 1. The molecular formula is C18H25NO2. The van der Waals surface area contributed by atoms with Gasteiger partial charge in [-0.25, -0.2) is 0 Å². The van der Waals surface area contributed by atoms with Gasteiger partial charge >= 0.3 is 0 Å². The molecule has 3 rings (SSSR count). The van der Waals surface area contributed by atoms with Gasteiger partial charge in [-0.05, 0) is 24.3 Å². The Morgan fingerprint density at radius 3 is 2.19 bits per heavy atom. The van der Waals surface area contributed by atoms with Crippen LogP contribution in [0.5, 0.6) is 0 Å². The predicted molar refractivity (Wildman–Crippen MR) is 83.2 cm³/mol. The standard InChI is InChI=1S/C18H25NO2/c1-13-5-7-14(8-6-13)18(9-16(18,2)3)15(20)19-10-17(4)11-21-12-17/h5-8H,9-12H2,1-4H3,(H,19,20). The van der Waals surface area contributed by atoms with E-state index in [1.165, 1.54) is 5.56 Å². The monoisotopic (exact) mass is 287 g/mol. The molecule has 0 radical (unpaired) electrons. The summed E-state index contributed by atoms with van der Waals surface area (Å²) in [6.07, 6.45) is 0.919. The van der Waals surface area contributed by atoms with E-state index >= 15 is 0 Å². The maximum atomic E-state index is 12.9. The SMILES string of the molecule is Cc1ccc(C2(C(=O)NCC3(C)COC3)CC2(C)C)cc1. The van der Waals surface area contributed by atoms with Gasteiger partial charge in [-0.3, -0.25) is 4.79 Å². The molecule has 3 heteroatoms. The molecule has 2 fully saturated rings. The molecule has 1 aromatic rings. The molecule has 1 aromatic carbocycles. The van der Waals surface area contributed by atoms with Gasteiger partial charge in [0.1, 0.15) is 0 Å². The zero-order chi connectivity index (χ0) is 15.3. The number of carbonyl (C=O) groups is 1. The van der Waals surface area contributed by atoms with Gasteiger partial charge in [0.25, 0.3) is 0 Å². The smallest absolute Gasteiger partial charge is 0.231 e. The van der Waals surface area contributed by atoms with E-state index in [-0.39, 0.29) is 22.2 Å². The first-order chi connectivity index (χ1) is 9.79. The van der Waals surface area contributed by atoms with Gasteiger partial charge in [0, 0.05) is 12.0 Å². The lowest BCUT2D eigenvalue weighted by atomic mass is 9.85. The number of rotatable bonds is 4. The molecule has 0 bridgehead atoms. The third kappa shape index (κ3) is 2.28. The van der Waals surface area contributed by atoms with Crippen molar-refractivity contribution in [2.75, 3.05) is 19.8 Å². The van der Waals surface area contributed by atoms with E-state index in [1.807, 2.05) is 0 Å². The molecule has 1 aliphatic heterocycles. The quantitative estimate of drug-likeness (QED) is 0.925. The fraction of sp³-hybridized carbons (Fsp3) is 0.611. The minimum atomic E-state index is -0.359. The molecule has 1 amide bonds. The largest absolute Gasteiger partial charge is 0.380 e. The fourth-order valence-electron chi connectivity index (χ4n) is 3.47. The van der Waals surface area contributed by atoms with Gasteiger partial charge in [0.15, 0.2) is 0 Å². The number of ether oxygens (including phenoxy) is 1. The van der Waals surface area contributed by atoms with Gasteiger partial charge in [-0.15, -0.1) is 0 Å². The summed E-state index contributed by atoms with van der Waals surface area (Å²) in [6.45, 7) is 10.8. The number of amides is 1.